The first kappa shape index (κ1) is 21.5. The average Bonchev–Trinajstić information content (AvgIpc) is 2.63. The van der Waals surface area contributed by atoms with E-state index in [1.165, 1.54) is 43.7 Å². The van der Waals surface area contributed by atoms with Crippen LogP contribution in [0.5, 0.6) is 5.75 Å². The third-order valence-electron chi connectivity index (χ3n) is 5.26. The minimum absolute atomic E-state index is 0.181. The summed E-state index contributed by atoms with van der Waals surface area (Å²) in [5.41, 5.74) is 7.96. The van der Waals surface area contributed by atoms with Crippen molar-refractivity contribution in [2.75, 3.05) is 0 Å². The monoisotopic (exact) mass is 373 g/mol. The summed E-state index contributed by atoms with van der Waals surface area (Å²) >= 11 is 0. The predicted octanol–water partition coefficient (Wildman–Crippen LogP) is 5.42. The molecule has 2 aliphatic carbocycles. The minimum Gasteiger partial charge on any atom is -0.491 e. The summed E-state index contributed by atoms with van der Waals surface area (Å²) in [6.45, 7) is 4.02. The largest absolute Gasteiger partial charge is 0.491 e. The molecule has 2 aliphatic rings. The smallest absolute Gasteiger partial charge is 0.328 e. The molecule has 2 saturated carbocycles. The SMILES string of the molecule is CC(C)Oc1ccc(C2CCC/C(=C\C(=O)O)C2)cc1.NC1CCCCC1. The third-order valence-corrected chi connectivity index (χ3v) is 5.26. The molecule has 1 aromatic carbocycles. The highest BCUT2D eigenvalue weighted by atomic mass is 16.5. The van der Waals surface area contributed by atoms with Crippen molar-refractivity contribution in [2.45, 2.75) is 89.7 Å². The van der Waals surface area contributed by atoms with E-state index in [0.717, 1.165) is 37.0 Å². The summed E-state index contributed by atoms with van der Waals surface area (Å²) < 4.78 is 5.64. The number of benzene rings is 1. The van der Waals surface area contributed by atoms with Crippen LogP contribution in [0.15, 0.2) is 35.9 Å². The van der Waals surface area contributed by atoms with Crippen LogP contribution in [0.3, 0.4) is 0 Å². The number of nitrogens with two attached hydrogens (primary N) is 1. The molecule has 0 amide bonds. The van der Waals surface area contributed by atoms with E-state index in [1.54, 1.807) is 0 Å². The Balaban J connectivity index is 0.000000313. The van der Waals surface area contributed by atoms with Gasteiger partial charge >= 0.3 is 5.97 Å². The van der Waals surface area contributed by atoms with E-state index < -0.39 is 5.97 Å². The number of carboxylic acid groups (broad SMARTS) is 1. The molecule has 1 atom stereocenters. The van der Waals surface area contributed by atoms with Crippen LogP contribution in [-0.4, -0.2) is 23.2 Å². The van der Waals surface area contributed by atoms with Gasteiger partial charge in [0.05, 0.1) is 6.10 Å². The predicted molar refractivity (Wildman–Crippen MR) is 110 cm³/mol. The quantitative estimate of drug-likeness (QED) is 0.691. The summed E-state index contributed by atoms with van der Waals surface area (Å²) in [4.78, 5) is 10.8. The highest BCUT2D eigenvalue weighted by Crippen LogP contribution is 2.36. The van der Waals surface area contributed by atoms with E-state index >= 15 is 0 Å². The van der Waals surface area contributed by atoms with Gasteiger partial charge in [-0.05, 0) is 76.0 Å². The Morgan fingerprint density at radius 2 is 1.78 bits per heavy atom. The maximum atomic E-state index is 10.8. The minimum atomic E-state index is -0.832. The van der Waals surface area contributed by atoms with Gasteiger partial charge in [0.25, 0.3) is 0 Å². The van der Waals surface area contributed by atoms with Crippen LogP contribution < -0.4 is 10.5 Å². The van der Waals surface area contributed by atoms with Crippen LogP contribution in [-0.2, 0) is 4.79 Å². The van der Waals surface area contributed by atoms with Gasteiger partial charge in [-0.1, -0.05) is 37.0 Å². The standard InChI is InChI=1S/C17H22O3.C6H13N/c1-12(2)20-16-8-6-14(7-9-16)15-5-3-4-13(10-15)11-17(18)19;7-6-4-2-1-3-5-6/h6-9,11-12,15H,3-5,10H2,1-2H3,(H,18,19);6H,1-5,7H2/b13-11+;. The summed E-state index contributed by atoms with van der Waals surface area (Å²) in [5, 5.41) is 8.85. The van der Waals surface area contributed by atoms with Crippen molar-refractivity contribution in [1.82, 2.24) is 0 Å². The molecule has 0 aliphatic heterocycles. The Hall–Kier alpha value is -1.81. The van der Waals surface area contributed by atoms with Crippen LogP contribution in [0.1, 0.15) is 83.1 Å². The fourth-order valence-corrected chi connectivity index (χ4v) is 3.91. The highest BCUT2D eigenvalue weighted by molar-refractivity contribution is 5.80. The molecule has 4 nitrogen and oxygen atoms in total. The molecule has 0 aromatic heterocycles. The van der Waals surface area contributed by atoms with Gasteiger partial charge in [0.1, 0.15) is 5.75 Å². The van der Waals surface area contributed by atoms with Gasteiger partial charge in [-0.25, -0.2) is 4.79 Å². The van der Waals surface area contributed by atoms with Crippen molar-refractivity contribution in [1.29, 1.82) is 0 Å². The molecule has 4 heteroatoms. The van der Waals surface area contributed by atoms with Crippen molar-refractivity contribution >= 4 is 5.97 Å². The Morgan fingerprint density at radius 3 is 2.30 bits per heavy atom. The van der Waals surface area contributed by atoms with E-state index in [4.69, 9.17) is 15.6 Å². The van der Waals surface area contributed by atoms with Crippen molar-refractivity contribution in [3.63, 3.8) is 0 Å². The van der Waals surface area contributed by atoms with Gasteiger partial charge in [0.15, 0.2) is 0 Å². The lowest BCUT2D eigenvalue weighted by molar-refractivity contribution is -0.131. The van der Waals surface area contributed by atoms with E-state index in [-0.39, 0.29) is 6.10 Å². The molecule has 0 radical (unpaired) electrons. The van der Waals surface area contributed by atoms with Crippen molar-refractivity contribution < 1.29 is 14.6 Å². The maximum absolute atomic E-state index is 10.8. The molecule has 1 unspecified atom stereocenters. The second-order valence-electron chi connectivity index (χ2n) is 8.07. The number of carbonyl (C=O) groups is 1. The second-order valence-corrected chi connectivity index (χ2v) is 8.07. The van der Waals surface area contributed by atoms with Crippen molar-refractivity contribution in [3.8, 4) is 5.75 Å². The molecule has 0 saturated heterocycles. The summed E-state index contributed by atoms with van der Waals surface area (Å²) in [5.74, 6) is 0.490. The molecular weight excluding hydrogens is 338 g/mol. The molecule has 150 valence electrons. The number of aliphatic carboxylic acids is 1. The van der Waals surface area contributed by atoms with Gasteiger partial charge in [-0.2, -0.15) is 0 Å². The first-order valence-electron chi connectivity index (χ1n) is 10.4. The Bertz CT molecular complexity index is 601. The highest BCUT2D eigenvalue weighted by Gasteiger charge is 2.19. The van der Waals surface area contributed by atoms with Gasteiger partial charge in [0, 0.05) is 12.1 Å². The summed E-state index contributed by atoms with van der Waals surface area (Å²) in [6.07, 6.45) is 12.2. The number of carboxylic acids is 1. The van der Waals surface area contributed by atoms with Crippen LogP contribution in [0, 0.1) is 0 Å². The van der Waals surface area contributed by atoms with E-state index in [1.807, 2.05) is 26.0 Å². The molecule has 27 heavy (non-hydrogen) atoms. The molecule has 0 spiro atoms. The van der Waals surface area contributed by atoms with Gasteiger partial charge in [0.2, 0.25) is 0 Å². The Labute approximate surface area is 163 Å². The number of allylic oxidation sites excluding steroid dienone is 1. The lowest BCUT2D eigenvalue weighted by Crippen LogP contribution is -2.22. The average molecular weight is 374 g/mol. The van der Waals surface area contributed by atoms with E-state index in [9.17, 15) is 4.79 Å². The first-order chi connectivity index (χ1) is 12.9. The molecule has 3 rings (SSSR count). The normalized spacial score (nSPS) is 22.2. The van der Waals surface area contributed by atoms with Crippen molar-refractivity contribution in [3.05, 3.63) is 41.5 Å². The first-order valence-corrected chi connectivity index (χ1v) is 10.4. The molecule has 0 bridgehead atoms. The number of hydrogen-bond donors (Lipinski definition) is 2. The zero-order valence-electron chi connectivity index (χ0n) is 16.8. The van der Waals surface area contributed by atoms with Crippen LogP contribution in [0.2, 0.25) is 0 Å². The fraction of sp³-hybridized carbons (Fsp3) is 0.609. The number of rotatable bonds is 4. The summed E-state index contributed by atoms with van der Waals surface area (Å²) in [6, 6.07) is 8.75. The summed E-state index contributed by atoms with van der Waals surface area (Å²) in [7, 11) is 0. The Morgan fingerprint density at radius 1 is 1.11 bits per heavy atom. The van der Waals surface area contributed by atoms with E-state index in [2.05, 4.69) is 12.1 Å². The van der Waals surface area contributed by atoms with Gasteiger partial charge in [-0.15, -0.1) is 0 Å². The number of hydrogen-bond acceptors (Lipinski definition) is 3. The second kappa shape index (κ2) is 11.1. The van der Waals surface area contributed by atoms with Crippen LogP contribution >= 0.6 is 0 Å². The lowest BCUT2D eigenvalue weighted by atomic mass is 9.81. The molecule has 0 heterocycles. The maximum Gasteiger partial charge on any atom is 0.328 e. The van der Waals surface area contributed by atoms with E-state index in [0.29, 0.717) is 12.0 Å². The zero-order valence-corrected chi connectivity index (χ0v) is 16.8. The molecule has 1 aromatic rings. The molecule has 3 N–H and O–H groups in total. The Kier molecular flexibility index (Phi) is 8.86. The zero-order chi connectivity index (χ0) is 19.6. The topological polar surface area (TPSA) is 72.5 Å². The molecular formula is C23H35NO3. The lowest BCUT2D eigenvalue weighted by Gasteiger charge is -2.24. The van der Waals surface area contributed by atoms with Crippen LogP contribution in [0.4, 0.5) is 0 Å². The van der Waals surface area contributed by atoms with Crippen LogP contribution in [0.25, 0.3) is 0 Å². The fourth-order valence-electron chi connectivity index (χ4n) is 3.91. The van der Waals surface area contributed by atoms with Crippen molar-refractivity contribution in [2.24, 2.45) is 5.73 Å². The molecule has 2 fully saturated rings. The number of ether oxygens (including phenoxy) is 1. The third kappa shape index (κ3) is 8.17. The van der Waals surface area contributed by atoms with Gasteiger partial charge in [-0.3, -0.25) is 0 Å². The van der Waals surface area contributed by atoms with Gasteiger partial charge < -0.3 is 15.6 Å².